The van der Waals surface area contributed by atoms with E-state index < -0.39 is 15.8 Å². The molecule has 3 rings (SSSR count). The third-order valence-corrected chi connectivity index (χ3v) is 7.07. The Morgan fingerprint density at radius 2 is 1.89 bits per heavy atom. The van der Waals surface area contributed by atoms with Crippen LogP contribution in [-0.2, 0) is 25.8 Å². The highest BCUT2D eigenvalue weighted by Crippen LogP contribution is 2.29. The minimum Gasteiger partial charge on any atom is -0.457 e. The smallest absolute Gasteiger partial charge is 0.310 e. The molecule has 1 saturated heterocycles. The van der Waals surface area contributed by atoms with Crippen molar-refractivity contribution in [3.8, 4) is 0 Å². The molecule has 1 aromatic heterocycles. The molecule has 1 atom stereocenters. The fraction of sp³-hybridized carbons (Fsp3) is 0.429. The van der Waals surface area contributed by atoms with Crippen molar-refractivity contribution in [2.45, 2.75) is 39.7 Å². The van der Waals surface area contributed by atoms with Gasteiger partial charge in [-0.2, -0.15) is 0 Å². The molecule has 150 valence electrons. The number of ether oxygens (including phenoxy) is 1. The molecule has 0 aliphatic carbocycles. The van der Waals surface area contributed by atoms with Crippen LogP contribution in [0.5, 0.6) is 0 Å². The van der Waals surface area contributed by atoms with Crippen molar-refractivity contribution in [3.05, 3.63) is 58.4 Å². The normalized spacial score (nSPS) is 18.2. The maximum atomic E-state index is 12.6. The molecule has 0 spiro atoms. The zero-order valence-electron chi connectivity index (χ0n) is 16.4. The van der Waals surface area contributed by atoms with Gasteiger partial charge in [0.05, 0.1) is 17.9 Å². The van der Waals surface area contributed by atoms with Crippen LogP contribution in [0.25, 0.3) is 0 Å². The second-order valence-corrected chi connectivity index (χ2v) is 9.63. The van der Waals surface area contributed by atoms with Gasteiger partial charge in [-0.05, 0) is 44.4 Å². The van der Waals surface area contributed by atoms with E-state index in [0.717, 1.165) is 22.5 Å². The molecule has 0 saturated carbocycles. The third-order valence-electron chi connectivity index (χ3n) is 5.32. The first-order chi connectivity index (χ1) is 13.2. The number of carbonyl (C=O) groups is 2. The number of Topliss-reactive ketones (excluding diaryl/α,β-unsaturated/α-hetero) is 1. The number of sulfone groups is 1. The van der Waals surface area contributed by atoms with E-state index >= 15 is 0 Å². The summed E-state index contributed by atoms with van der Waals surface area (Å²) in [6.45, 7) is 5.27. The maximum Gasteiger partial charge on any atom is 0.310 e. The zero-order valence-corrected chi connectivity index (χ0v) is 17.2. The van der Waals surface area contributed by atoms with Crippen molar-refractivity contribution < 1.29 is 22.7 Å². The van der Waals surface area contributed by atoms with E-state index in [0.29, 0.717) is 12.0 Å². The van der Waals surface area contributed by atoms with Crippen LogP contribution in [0.4, 0.5) is 0 Å². The SMILES string of the molecule is Cc1ccccc1CC(=O)OCC(=O)c1cc(C)n(C2CCS(=O)(=O)C2)c1C. The van der Waals surface area contributed by atoms with Crippen molar-refractivity contribution in [2.24, 2.45) is 0 Å². The van der Waals surface area contributed by atoms with E-state index in [1.807, 2.05) is 42.7 Å². The standard InChI is InChI=1S/C21H25NO5S/c1-14-6-4-5-7-17(14)11-21(24)27-12-20(23)19-10-15(2)22(16(19)3)18-8-9-28(25,26)13-18/h4-7,10,18H,8-9,11-13H2,1-3H3. The third kappa shape index (κ3) is 4.35. The van der Waals surface area contributed by atoms with E-state index in [1.165, 1.54) is 0 Å². The molecular formula is C21H25NO5S. The van der Waals surface area contributed by atoms with Crippen molar-refractivity contribution in [2.75, 3.05) is 18.1 Å². The first-order valence-corrected chi connectivity index (χ1v) is 11.1. The van der Waals surface area contributed by atoms with Gasteiger partial charge in [0.2, 0.25) is 5.78 Å². The number of hydrogen-bond acceptors (Lipinski definition) is 5. The lowest BCUT2D eigenvalue weighted by atomic mass is 10.1. The topological polar surface area (TPSA) is 82.4 Å². The van der Waals surface area contributed by atoms with Crippen molar-refractivity contribution in [1.29, 1.82) is 0 Å². The van der Waals surface area contributed by atoms with Crippen LogP contribution in [0.3, 0.4) is 0 Å². The van der Waals surface area contributed by atoms with Crippen molar-refractivity contribution >= 4 is 21.6 Å². The molecule has 28 heavy (non-hydrogen) atoms. The van der Waals surface area contributed by atoms with Crippen LogP contribution in [0.1, 0.15) is 45.3 Å². The Balaban J connectivity index is 1.66. The van der Waals surface area contributed by atoms with Gasteiger partial charge in [-0.3, -0.25) is 9.59 Å². The summed E-state index contributed by atoms with van der Waals surface area (Å²) in [5.41, 5.74) is 3.92. The lowest BCUT2D eigenvalue weighted by Gasteiger charge is -2.16. The molecule has 0 amide bonds. The highest BCUT2D eigenvalue weighted by Gasteiger charge is 2.31. The largest absolute Gasteiger partial charge is 0.457 e. The van der Waals surface area contributed by atoms with Gasteiger partial charge in [0.1, 0.15) is 0 Å². The summed E-state index contributed by atoms with van der Waals surface area (Å²) in [5, 5.41) is 0. The van der Waals surface area contributed by atoms with E-state index in [2.05, 4.69) is 0 Å². The van der Waals surface area contributed by atoms with Crippen LogP contribution in [0, 0.1) is 20.8 Å². The Labute approximate surface area is 165 Å². The Morgan fingerprint density at radius 3 is 2.54 bits per heavy atom. The molecule has 2 aromatic rings. The fourth-order valence-electron chi connectivity index (χ4n) is 3.84. The highest BCUT2D eigenvalue weighted by atomic mass is 32.2. The number of aromatic nitrogens is 1. The number of rotatable bonds is 6. The Hall–Kier alpha value is -2.41. The summed E-state index contributed by atoms with van der Waals surface area (Å²) in [6, 6.07) is 9.15. The summed E-state index contributed by atoms with van der Waals surface area (Å²) in [5.74, 6) is -0.451. The highest BCUT2D eigenvalue weighted by molar-refractivity contribution is 7.91. The number of hydrogen-bond donors (Lipinski definition) is 0. The number of benzene rings is 1. The van der Waals surface area contributed by atoms with E-state index in [-0.39, 0.29) is 36.4 Å². The molecule has 1 aromatic carbocycles. The van der Waals surface area contributed by atoms with Crippen LogP contribution in [0.2, 0.25) is 0 Å². The fourth-order valence-corrected chi connectivity index (χ4v) is 5.54. The molecule has 0 bridgehead atoms. The Kier molecular flexibility index (Phi) is 5.74. The first kappa shape index (κ1) is 20.3. The average Bonchev–Trinajstić information content (AvgIpc) is 3.13. The summed E-state index contributed by atoms with van der Waals surface area (Å²) >= 11 is 0. The van der Waals surface area contributed by atoms with Crippen molar-refractivity contribution in [1.82, 2.24) is 4.57 Å². The molecule has 7 heteroatoms. The number of carbonyl (C=O) groups excluding carboxylic acids is 2. The van der Waals surface area contributed by atoms with Crippen LogP contribution >= 0.6 is 0 Å². The van der Waals surface area contributed by atoms with E-state index in [1.54, 1.807) is 13.0 Å². The molecule has 0 N–H and O–H groups in total. The van der Waals surface area contributed by atoms with Gasteiger partial charge in [-0.15, -0.1) is 0 Å². The number of aryl methyl sites for hydroxylation is 2. The second kappa shape index (κ2) is 7.91. The minimum absolute atomic E-state index is 0.0996. The van der Waals surface area contributed by atoms with E-state index in [9.17, 15) is 18.0 Å². The van der Waals surface area contributed by atoms with Gasteiger partial charge in [0.25, 0.3) is 0 Å². The molecule has 1 aliphatic heterocycles. The quantitative estimate of drug-likeness (QED) is 0.547. The molecule has 2 heterocycles. The molecule has 1 fully saturated rings. The number of esters is 1. The monoisotopic (exact) mass is 403 g/mol. The van der Waals surface area contributed by atoms with Gasteiger partial charge < -0.3 is 9.30 Å². The summed E-state index contributed by atoms with van der Waals surface area (Å²) in [6.07, 6.45) is 0.677. The predicted octanol–water partition coefficient (Wildman–Crippen LogP) is 2.74. The molecule has 0 radical (unpaired) electrons. The minimum atomic E-state index is -3.02. The number of ketones is 1. The zero-order chi connectivity index (χ0) is 20.5. The lowest BCUT2D eigenvalue weighted by molar-refractivity contribution is -0.141. The summed E-state index contributed by atoms with van der Waals surface area (Å²) in [7, 11) is -3.02. The molecular weight excluding hydrogens is 378 g/mol. The molecule has 1 unspecified atom stereocenters. The molecule has 1 aliphatic rings. The lowest BCUT2D eigenvalue weighted by Crippen LogP contribution is -2.17. The summed E-state index contributed by atoms with van der Waals surface area (Å²) < 4.78 is 30.7. The predicted molar refractivity (Wildman–Crippen MR) is 106 cm³/mol. The van der Waals surface area contributed by atoms with Gasteiger partial charge >= 0.3 is 5.97 Å². The van der Waals surface area contributed by atoms with Crippen molar-refractivity contribution in [3.63, 3.8) is 0 Å². The van der Waals surface area contributed by atoms with E-state index in [4.69, 9.17) is 4.74 Å². The Bertz CT molecular complexity index is 1020. The maximum absolute atomic E-state index is 12.6. The molecule has 6 nitrogen and oxygen atoms in total. The van der Waals surface area contributed by atoms with Crippen LogP contribution in [-0.4, -0.2) is 42.9 Å². The first-order valence-electron chi connectivity index (χ1n) is 9.30. The number of nitrogens with zero attached hydrogens (tertiary/aromatic N) is 1. The Morgan fingerprint density at radius 1 is 1.18 bits per heavy atom. The van der Waals surface area contributed by atoms with Gasteiger partial charge in [-0.25, -0.2) is 8.42 Å². The summed E-state index contributed by atoms with van der Waals surface area (Å²) in [4.78, 5) is 24.7. The van der Waals surface area contributed by atoms with Gasteiger partial charge in [0.15, 0.2) is 16.4 Å². The van der Waals surface area contributed by atoms with Crippen LogP contribution in [0.15, 0.2) is 30.3 Å². The van der Waals surface area contributed by atoms with Crippen LogP contribution < -0.4 is 0 Å². The van der Waals surface area contributed by atoms with Gasteiger partial charge in [-0.1, -0.05) is 24.3 Å². The van der Waals surface area contributed by atoms with Gasteiger partial charge in [0, 0.05) is 23.0 Å². The average molecular weight is 404 g/mol. The second-order valence-electron chi connectivity index (χ2n) is 7.40.